The lowest BCUT2D eigenvalue weighted by atomic mass is 9.84. The van der Waals surface area contributed by atoms with E-state index in [0.29, 0.717) is 0 Å². The highest BCUT2D eigenvalue weighted by atomic mass is 14.2. The van der Waals surface area contributed by atoms with Crippen LogP contribution in [-0.4, -0.2) is 0 Å². The van der Waals surface area contributed by atoms with E-state index in [-0.39, 0.29) is 0 Å². The highest BCUT2D eigenvalue weighted by Gasteiger charge is 2.16. The number of rotatable bonds is 6. The van der Waals surface area contributed by atoms with Crippen LogP contribution in [-0.2, 0) is 19.3 Å². The summed E-state index contributed by atoms with van der Waals surface area (Å²) in [6, 6.07) is 22.9. The van der Waals surface area contributed by atoms with E-state index < -0.39 is 0 Å². The summed E-state index contributed by atoms with van der Waals surface area (Å²) in [5.41, 5.74) is 19.9. The van der Waals surface area contributed by atoms with Gasteiger partial charge in [-0.05, 0) is 141 Å². The van der Waals surface area contributed by atoms with E-state index in [4.69, 9.17) is 0 Å². The van der Waals surface area contributed by atoms with Crippen LogP contribution in [0.1, 0.15) is 77.9 Å². The molecule has 0 bridgehead atoms. The monoisotopic (exact) mass is 460 g/mol. The molecule has 0 spiro atoms. The fourth-order valence-corrected chi connectivity index (χ4v) is 5.30. The Morgan fingerprint density at radius 1 is 0.400 bits per heavy atom. The standard InChI is InChI=1S/C35H40/c1-22-9-13-30(14-10-22)19-34-26(5)24(3)17-32(28(34)7)21-33-18-25(4)27(6)35(29(33)8)20-31-15-11-23(2)12-16-31/h9-18H,19-21H2,1-8H3. The summed E-state index contributed by atoms with van der Waals surface area (Å²) in [6.45, 7) is 18.1. The molecular weight excluding hydrogens is 420 g/mol. The van der Waals surface area contributed by atoms with E-state index in [1.807, 2.05) is 0 Å². The molecule has 0 nitrogen and oxygen atoms in total. The zero-order valence-electron chi connectivity index (χ0n) is 22.9. The molecular formula is C35H40. The molecule has 0 aliphatic rings. The number of benzene rings is 4. The summed E-state index contributed by atoms with van der Waals surface area (Å²) in [4.78, 5) is 0. The highest BCUT2D eigenvalue weighted by Crippen LogP contribution is 2.30. The first-order valence-electron chi connectivity index (χ1n) is 12.9. The first-order valence-corrected chi connectivity index (χ1v) is 12.9. The van der Waals surface area contributed by atoms with Crippen molar-refractivity contribution in [1.82, 2.24) is 0 Å². The minimum Gasteiger partial charge on any atom is -0.0590 e. The van der Waals surface area contributed by atoms with Crippen molar-refractivity contribution in [2.45, 2.75) is 74.7 Å². The third kappa shape index (κ3) is 5.43. The number of hydrogen-bond acceptors (Lipinski definition) is 0. The normalized spacial score (nSPS) is 11.2. The van der Waals surface area contributed by atoms with Gasteiger partial charge in [0.25, 0.3) is 0 Å². The van der Waals surface area contributed by atoms with Crippen molar-refractivity contribution in [2.24, 2.45) is 0 Å². The summed E-state index contributed by atoms with van der Waals surface area (Å²) < 4.78 is 0. The van der Waals surface area contributed by atoms with Crippen molar-refractivity contribution in [2.75, 3.05) is 0 Å². The van der Waals surface area contributed by atoms with Crippen molar-refractivity contribution in [1.29, 1.82) is 0 Å². The van der Waals surface area contributed by atoms with E-state index in [2.05, 4.69) is 116 Å². The molecule has 0 aromatic heterocycles. The van der Waals surface area contributed by atoms with E-state index in [0.717, 1.165) is 19.3 Å². The van der Waals surface area contributed by atoms with Crippen LogP contribution in [0, 0.1) is 55.4 Å². The van der Waals surface area contributed by atoms with Gasteiger partial charge in [-0.25, -0.2) is 0 Å². The van der Waals surface area contributed by atoms with Crippen LogP contribution in [0.2, 0.25) is 0 Å². The lowest BCUT2D eigenvalue weighted by Crippen LogP contribution is -2.07. The average Bonchev–Trinajstić information content (AvgIpc) is 2.83. The zero-order valence-corrected chi connectivity index (χ0v) is 22.9. The molecule has 0 aliphatic heterocycles. The molecule has 0 unspecified atom stereocenters. The number of aryl methyl sites for hydroxylation is 4. The van der Waals surface area contributed by atoms with Crippen LogP contribution in [0.25, 0.3) is 0 Å². The van der Waals surface area contributed by atoms with Gasteiger partial charge in [0.2, 0.25) is 0 Å². The Bertz CT molecular complexity index is 1240. The Balaban J connectivity index is 1.71. The lowest BCUT2D eigenvalue weighted by Gasteiger charge is -2.21. The molecule has 0 saturated heterocycles. The van der Waals surface area contributed by atoms with E-state index >= 15 is 0 Å². The van der Waals surface area contributed by atoms with Crippen LogP contribution in [0.5, 0.6) is 0 Å². The molecule has 0 atom stereocenters. The maximum atomic E-state index is 2.43. The molecule has 0 radical (unpaired) electrons. The van der Waals surface area contributed by atoms with Crippen LogP contribution in [0.4, 0.5) is 0 Å². The smallest absolute Gasteiger partial charge is 0.00201 e. The Morgan fingerprint density at radius 2 is 0.743 bits per heavy atom. The maximum Gasteiger partial charge on any atom is -0.00201 e. The second-order valence-electron chi connectivity index (χ2n) is 10.7. The quantitative estimate of drug-likeness (QED) is 0.269. The summed E-state index contributed by atoms with van der Waals surface area (Å²) in [6.07, 6.45) is 2.98. The van der Waals surface area contributed by atoms with Gasteiger partial charge < -0.3 is 0 Å². The fraction of sp³-hybridized carbons (Fsp3) is 0.314. The Morgan fingerprint density at radius 3 is 1.09 bits per heavy atom. The van der Waals surface area contributed by atoms with Crippen molar-refractivity contribution < 1.29 is 0 Å². The van der Waals surface area contributed by atoms with Crippen LogP contribution >= 0.6 is 0 Å². The fourth-order valence-electron chi connectivity index (χ4n) is 5.30. The Hall–Kier alpha value is -3.12. The molecule has 4 aromatic carbocycles. The third-order valence-electron chi connectivity index (χ3n) is 8.12. The molecule has 4 rings (SSSR count). The van der Waals surface area contributed by atoms with Gasteiger partial charge in [0.1, 0.15) is 0 Å². The SMILES string of the molecule is Cc1ccc(Cc2c(C)c(C)cc(Cc3cc(C)c(C)c(Cc4ccc(C)cc4)c3C)c2C)cc1. The first kappa shape index (κ1) is 25.0. The molecule has 0 N–H and O–H groups in total. The molecule has 0 fully saturated rings. The van der Waals surface area contributed by atoms with Gasteiger partial charge in [-0.2, -0.15) is 0 Å². The largest absolute Gasteiger partial charge is 0.0590 e. The predicted octanol–water partition coefficient (Wildman–Crippen LogP) is 8.93. The second kappa shape index (κ2) is 10.2. The summed E-state index contributed by atoms with van der Waals surface area (Å²) in [5, 5.41) is 0. The second-order valence-corrected chi connectivity index (χ2v) is 10.7. The summed E-state index contributed by atoms with van der Waals surface area (Å²) >= 11 is 0. The van der Waals surface area contributed by atoms with Gasteiger partial charge in [0.05, 0.1) is 0 Å². The van der Waals surface area contributed by atoms with E-state index in [9.17, 15) is 0 Å². The van der Waals surface area contributed by atoms with Crippen LogP contribution in [0.3, 0.4) is 0 Å². The molecule has 180 valence electrons. The van der Waals surface area contributed by atoms with Crippen LogP contribution < -0.4 is 0 Å². The average molecular weight is 461 g/mol. The van der Waals surface area contributed by atoms with E-state index in [1.54, 1.807) is 0 Å². The van der Waals surface area contributed by atoms with Gasteiger partial charge in [-0.15, -0.1) is 0 Å². The summed E-state index contributed by atoms with van der Waals surface area (Å²) in [5.74, 6) is 0. The van der Waals surface area contributed by atoms with Crippen molar-refractivity contribution in [3.05, 3.63) is 139 Å². The van der Waals surface area contributed by atoms with Crippen molar-refractivity contribution in [3.63, 3.8) is 0 Å². The predicted molar refractivity (Wildman–Crippen MR) is 152 cm³/mol. The zero-order chi connectivity index (χ0) is 25.3. The van der Waals surface area contributed by atoms with Gasteiger partial charge in [-0.1, -0.05) is 71.8 Å². The van der Waals surface area contributed by atoms with Gasteiger partial charge in [-0.3, -0.25) is 0 Å². The van der Waals surface area contributed by atoms with Gasteiger partial charge in [0, 0.05) is 0 Å². The maximum absolute atomic E-state index is 2.43. The van der Waals surface area contributed by atoms with E-state index in [1.165, 1.54) is 77.9 Å². The third-order valence-corrected chi connectivity index (χ3v) is 8.12. The molecule has 35 heavy (non-hydrogen) atoms. The van der Waals surface area contributed by atoms with Crippen molar-refractivity contribution >= 4 is 0 Å². The summed E-state index contributed by atoms with van der Waals surface area (Å²) in [7, 11) is 0. The molecule has 4 aromatic rings. The van der Waals surface area contributed by atoms with Crippen LogP contribution in [0.15, 0.2) is 60.7 Å². The van der Waals surface area contributed by atoms with Gasteiger partial charge >= 0.3 is 0 Å². The lowest BCUT2D eigenvalue weighted by molar-refractivity contribution is 1.02. The molecule has 0 saturated carbocycles. The van der Waals surface area contributed by atoms with Gasteiger partial charge in [0.15, 0.2) is 0 Å². The Labute approximate surface area is 213 Å². The first-order chi connectivity index (χ1) is 16.6. The molecule has 0 heterocycles. The topological polar surface area (TPSA) is 0 Å². The minimum atomic E-state index is 0.988. The Kier molecular flexibility index (Phi) is 7.31. The highest BCUT2D eigenvalue weighted by molar-refractivity contribution is 5.52. The minimum absolute atomic E-state index is 0.988. The van der Waals surface area contributed by atoms with Crippen molar-refractivity contribution in [3.8, 4) is 0 Å². The molecule has 0 aliphatic carbocycles. The molecule has 0 heteroatoms. The molecule has 0 amide bonds. The number of hydrogen-bond donors (Lipinski definition) is 0.